The highest BCUT2D eigenvalue weighted by Gasteiger charge is 2.15. The molecule has 0 unspecified atom stereocenters. The van der Waals surface area contributed by atoms with Crippen LogP contribution in [-0.4, -0.2) is 26.8 Å². The molecule has 0 radical (unpaired) electrons. The second kappa shape index (κ2) is 9.00. The van der Waals surface area contributed by atoms with Crippen LogP contribution in [0, 0.1) is 36.7 Å². The third kappa shape index (κ3) is 4.98. The Morgan fingerprint density at radius 2 is 1.80 bits per heavy atom. The Morgan fingerprint density at radius 3 is 2.47 bits per heavy atom. The van der Waals surface area contributed by atoms with Gasteiger partial charge < -0.3 is 5.32 Å². The molecule has 0 atom stereocenters. The first-order valence-corrected chi connectivity index (χ1v) is 10.0. The average Bonchev–Trinajstić information content (AvgIpc) is 2.71. The van der Waals surface area contributed by atoms with Crippen molar-refractivity contribution in [3.63, 3.8) is 0 Å². The first kappa shape index (κ1) is 21.4. The van der Waals surface area contributed by atoms with Crippen molar-refractivity contribution >= 4 is 29.0 Å². The van der Waals surface area contributed by atoms with Gasteiger partial charge in [-0.3, -0.25) is 14.9 Å². The van der Waals surface area contributed by atoms with E-state index in [1.54, 1.807) is 6.07 Å². The number of carbonyl (C=O) groups excluding carboxylic acids is 1. The van der Waals surface area contributed by atoms with E-state index >= 15 is 0 Å². The Hall–Kier alpha value is -3.33. The standard InChI is InChI=1S/C21H19FN4O3S/c1-12-8-14(3)16(9-13(12)2)18-6-7-21(25-24-18)30-11-20(27)23-15-4-5-17(22)19(10-15)26(28)29/h4-10H,11H2,1-3H3,(H,23,27). The van der Waals surface area contributed by atoms with Crippen LogP contribution in [0.15, 0.2) is 47.5 Å². The lowest BCUT2D eigenvalue weighted by molar-refractivity contribution is -0.387. The Kier molecular flexibility index (Phi) is 6.41. The monoisotopic (exact) mass is 426 g/mol. The minimum absolute atomic E-state index is 0.0296. The maximum absolute atomic E-state index is 13.4. The van der Waals surface area contributed by atoms with Gasteiger partial charge in [0, 0.05) is 17.3 Å². The number of hydrogen-bond donors (Lipinski definition) is 1. The number of benzene rings is 2. The lowest BCUT2D eigenvalue weighted by Crippen LogP contribution is -2.14. The molecule has 0 saturated heterocycles. The Balaban J connectivity index is 1.63. The number of thioether (sulfide) groups is 1. The highest BCUT2D eigenvalue weighted by atomic mass is 32.2. The fraction of sp³-hybridized carbons (Fsp3) is 0.190. The molecule has 0 aliphatic carbocycles. The van der Waals surface area contributed by atoms with Crippen LogP contribution in [0.25, 0.3) is 11.3 Å². The number of aromatic nitrogens is 2. The third-order valence-electron chi connectivity index (χ3n) is 4.53. The minimum Gasteiger partial charge on any atom is -0.325 e. The molecule has 9 heteroatoms. The number of hydrogen-bond acceptors (Lipinski definition) is 6. The average molecular weight is 426 g/mol. The summed E-state index contributed by atoms with van der Waals surface area (Å²) in [5.74, 6) is -1.32. The summed E-state index contributed by atoms with van der Waals surface area (Å²) in [6.45, 7) is 6.13. The molecule has 2 aromatic carbocycles. The van der Waals surface area contributed by atoms with E-state index in [1.165, 1.54) is 29.0 Å². The van der Waals surface area contributed by atoms with Crippen molar-refractivity contribution in [1.29, 1.82) is 0 Å². The summed E-state index contributed by atoms with van der Waals surface area (Å²) < 4.78 is 13.4. The fourth-order valence-corrected chi connectivity index (χ4v) is 3.46. The molecule has 0 fully saturated rings. The van der Waals surface area contributed by atoms with Crippen molar-refractivity contribution in [1.82, 2.24) is 10.2 Å². The largest absolute Gasteiger partial charge is 0.325 e. The predicted molar refractivity (Wildman–Crippen MR) is 114 cm³/mol. The van der Waals surface area contributed by atoms with E-state index in [1.807, 2.05) is 19.9 Å². The van der Waals surface area contributed by atoms with Gasteiger partial charge in [0.25, 0.3) is 0 Å². The smallest absolute Gasteiger partial charge is 0.306 e. The minimum atomic E-state index is -0.957. The SMILES string of the molecule is Cc1cc(C)c(-c2ccc(SCC(=O)Nc3ccc(F)c([N+](=O)[O-])c3)nn2)cc1C. The normalized spacial score (nSPS) is 10.7. The molecule has 1 N–H and O–H groups in total. The Bertz CT molecular complexity index is 1120. The number of anilines is 1. The molecule has 1 aromatic heterocycles. The zero-order chi connectivity index (χ0) is 21.8. The maximum atomic E-state index is 13.4. The van der Waals surface area contributed by atoms with Crippen LogP contribution in [-0.2, 0) is 4.79 Å². The molecule has 0 spiro atoms. The van der Waals surface area contributed by atoms with Crippen molar-refractivity contribution in [3.05, 3.63) is 75.1 Å². The van der Waals surface area contributed by atoms with Crippen LogP contribution in [0.1, 0.15) is 16.7 Å². The number of amides is 1. The molecule has 3 rings (SSSR count). The highest BCUT2D eigenvalue weighted by Crippen LogP contribution is 2.26. The van der Waals surface area contributed by atoms with Crippen molar-refractivity contribution in [3.8, 4) is 11.3 Å². The summed E-state index contributed by atoms with van der Waals surface area (Å²) in [7, 11) is 0. The van der Waals surface area contributed by atoms with E-state index in [4.69, 9.17) is 0 Å². The lowest BCUT2D eigenvalue weighted by Gasteiger charge is -2.09. The van der Waals surface area contributed by atoms with Gasteiger partial charge in [-0.25, -0.2) is 0 Å². The van der Waals surface area contributed by atoms with Crippen LogP contribution in [0.4, 0.5) is 15.8 Å². The van der Waals surface area contributed by atoms with Gasteiger partial charge in [-0.15, -0.1) is 10.2 Å². The van der Waals surface area contributed by atoms with Gasteiger partial charge in [0.1, 0.15) is 5.03 Å². The quantitative estimate of drug-likeness (QED) is 0.344. The second-order valence-corrected chi connectivity index (χ2v) is 7.76. The fourth-order valence-electron chi connectivity index (χ4n) is 2.84. The number of rotatable bonds is 6. The van der Waals surface area contributed by atoms with E-state index in [9.17, 15) is 19.3 Å². The van der Waals surface area contributed by atoms with Crippen LogP contribution in [0.3, 0.4) is 0 Å². The number of nitrogens with zero attached hydrogens (tertiary/aromatic N) is 3. The van der Waals surface area contributed by atoms with Gasteiger partial charge in [0.05, 0.1) is 16.4 Å². The van der Waals surface area contributed by atoms with E-state index in [2.05, 4.69) is 34.6 Å². The summed E-state index contributed by atoms with van der Waals surface area (Å²) in [6.07, 6.45) is 0. The highest BCUT2D eigenvalue weighted by molar-refractivity contribution is 7.99. The van der Waals surface area contributed by atoms with Crippen molar-refractivity contribution in [2.24, 2.45) is 0 Å². The van der Waals surface area contributed by atoms with E-state index in [0.717, 1.165) is 29.0 Å². The summed E-state index contributed by atoms with van der Waals surface area (Å²) >= 11 is 1.18. The Morgan fingerprint density at radius 1 is 1.07 bits per heavy atom. The predicted octanol–water partition coefficient (Wildman–Crippen LogP) is 4.85. The molecule has 3 aromatic rings. The summed E-state index contributed by atoms with van der Waals surface area (Å²) in [5, 5.41) is 22.3. The van der Waals surface area contributed by atoms with Crippen LogP contribution in [0.5, 0.6) is 0 Å². The van der Waals surface area contributed by atoms with Crippen molar-refractivity contribution < 1.29 is 14.1 Å². The first-order valence-electron chi connectivity index (χ1n) is 9.03. The second-order valence-electron chi connectivity index (χ2n) is 6.77. The van der Waals surface area contributed by atoms with Crippen LogP contribution < -0.4 is 5.32 Å². The molecule has 7 nitrogen and oxygen atoms in total. The zero-order valence-corrected chi connectivity index (χ0v) is 17.4. The number of nitrogens with one attached hydrogen (secondary N) is 1. The van der Waals surface area contributed by atoms with Gasteiger partial charge in [0.15, 0.2) is 0 Å². The molecule has 1 amide bonds. The van der Waals surface area contributed by atoms with Crippen LogP contribution in [0.2, 0.25) is 0 Å². The summed E-state index contributed by atoms with van der Waals surface area (Å²) in [4.78, 5) is 22.1. The van der Waals surface area contributed by atoms with Crippen LogP contribution >= 0.6 is 11.8 Å². The number of nitro benzene ring substituents is 1. The van der Waals surface area contributed by atoms with Crippen molar-refractivity contribution in [2.75, 3.05) is 11.1 Å². The number of carbonyl (C=O) groups is 1. The van der Waals surface area contributed by atoms with Gasteiger partial charge in [-0.05, 0) is 67.8 Å². The number of nitro groups is 1. The molecular weight excluding hydrogens is 407 g/mol. The topological polar surface area (TPSA) is 98.0 Å². The zero-order valence-electron chi connectivity index (χ0n) is 16.6. The summed E-state index contributed by atoms with van der Waals surface area (Å²) in [6, 6.07) is 11.0. The Labute approximate surface area is 176 Å². The van der Waals surface area contributed by atoms with Gasteiger partial charge in [-0.1, -0.05) is 17.8 Å². The molecule has 1 heterocycles. The lowest BCUT2D eigenvalue weighted by atomic mass is 9.99. The molecule has 30 heavy (non-hydrogen) atoms. The van der Waals surface area contributed by atoms with Gasteiger partial charge >= 0.3 is 5.69 Å². The number of halogens is 1. The van der Waals surface area contributed by atoms with E-state index in [-0.39, 0.29) is 11.4 Å². The molecule has 154 valence electrons. The van der Waals surface area contributed by atoms with E-state index in [0.29, 0.717) is 5.03 Å². The third-order valence-corrected chi connectivity index (χ3v) is 5.45. The maximum Gasteiger partial charge on any atom is 0.306 e. The van der Waals surface area contributed by atoms with Gasteiger partial charge in [-0.2, -0.15) is 4.39 Å². The van der Waals surface area contributed by atoms with Crippen molar-refractivity contribution in [2.45, 2.75) is 25.8 Å². The first-order chi connectivity index (χ1) is 14.2. The summed E-state index contributed by atoms with van der Waals surface area (Å²) in [5.41, 5.74) is 4.73. The molecule has 0 aliphatic rings. The van der Waals surface area contributed by atoms with Gasteiger partial charge in [0.2, 0.25) is 11.7 Å². The molecule has 0 saturated carbocycles. The molecule has 0 aliphatic heterocycles. The number of aryl methyl sites for hydroxylation is 3. The molecular formula is C21H19FN4O3S. The molecule has 0 bridgehead atoms. The van der Waals surface area contributed by atoms with E-state index < -0.39 is 22.3 Å².